The van der Waals surface area contributed by atoms with Gasteiger partial charge in [-0.2, -0.15) is 0 Å². The van der Waals surface area contributed by atoms with Crippen LogP contribution in [0.15, 0.2) is 27.8 Å². The van der Waals surface area contributed by atoms with E-state index in [0.29, 0.717) is 4.57 Å². The Morgan fingerprint density at radius 3 is 2.32 bits per heavy atom. The number of aromatic amines is 2. The third-order valence-electron chi connectivity index (χ3n) is 2.34. The van der Waals surface area contributed by atoms with Gasteiger partial charge in [0.1, 0.15) is 0 Å². The monoisotopic (exact) mass is 266 g/mol. The van der Waals surface area contributed by atoms with E-state index in [9.17, 15) is 24.5 Å². The highest BCUT2D eigenvalue weighted by molar-refractivity contribution is 5.92. The maximum Gasteiger partial charge on any atom is 0.349 e. The Morgan fingerprint density at radius 1 is 1.26 bits per heavy atom. The van der Waals surface area contributed by atoms with E-state index in [1.54, 1.807) is 0 Å². The Hall–Kier alpha value is -3.17. The van der Waals surface area contributed by atoms with Crippen LogP contribution < -0.4 is 11.4 Å². The minimum absolute atomic E-state index is 0.259. The van der Waals surface area contributed by atoms with Gasteiger partial charge < -0.3 is 5.11 Å². The zero-order valence-corrected chi connectivity index (χ0v) is 9.11. The van der Waals surface area contributed by atoms with Crippen LogP contribution in [0.4, 0.5) is 5.69 Å². The van der Waals surface area contributed by atoms with Crippen molar-refractivity contribution in [3.05, 3.63) is 54.8 Å². The highest BCUT2D eigenvalue weighted by atomic mass is 16.6. The fourth-order valence-corrected chi connectivity index (χ4v) is 1.53. The number of hydrogen-bond acceptors (Lipinski definition) is 5. The summed E-state index contributed by atoms with van der Waals surface area (Å²) in [5.74, 6) is -1.49. The predicted molar refractivity (Wildman–Crippen MR) is 60.6 cm³/mol. The highest BCUT2D eigenvalue weighted by Gasteiger charge is 2.19. The first-order chi connectivity index (χ1) is 8.91. The van der Waals surface area contributed by atoms with Crippen molar-refractivity contribution < 1.29 is 14.8 Å². The second-order valence-electron chi connectivity index (χ2n) is 3.46. The average molecular weight is 266 g/mol. The Kier molecular flexibility index (Phi) is 2.75. The molecular formula is C9H6N4O6. The summed E-state index contributed by atoms with van der Waals surface area (Å²) in [6.07, 6.45) is 0. The maximum atomic E-state index is 11.4. The van der Waals surface area contributed by atoms with Crippen LogP contribution in [-0.4, -0.2) is 30.8 Å². The molecule has 2 aromatic rings. The molecule has 0 spiro atoms. The van der Waals surface area contributed by atoms with Crippen LogP contribution >= 0.6 is 0 Å². The number of nitrogens with one attached hydrogen (secondary N) is 2. The number of aromatic nitrogens is 3. The van der Waals surface area contributed by atoms with Crippen molar-refractivity contribution in [3.63, 3.8) is 0 Å². The first kappa shape index (κ1) is 12.3. The maximum absolute atomic E-state index is 11.4. The largest absolute Gasteiger partial charge is 0.478 e. The second kappa shape index (κ2) is 4.25. The van der Waals surface area contributed by atoms with E-state index >= 15 is 0 Å². The normalized spacial score (nSPS) is 10.3. The third kappa shape index (κ3) is 2.01. The van der Waals surface area contributed by atoms with Crippen LogP contribution in [0, 0.1) is 10.1 Å². The van der Waals surface area contributed by atoms with Crippen LogP contribution in [0.3, 0.4) is 0 Å². The van der Waals surface area contributed by atoms with Gasteiger partial charge in [-0.1, -0.05) is 0 Å². The lowest BCUT2D eigenvalue weighted by Crippen LogP contribution is -2.26. The molecule has 3 N–H and O–H groups in total. The van der Waals surface area contributed by atoms with Gasteiger partial charge in [-0.25, -0.2) is 29.1 Å². The molecule has 0 atom stereocenters. The molecule has 0 radical (unpaired) electrons. The van der Waals surface area contributed by atoms with E-state index in [1.165, 1.54) is 0 Å². The average Bonchev–Trinajstić information content (AvgIpc) is 2.68. The SMILES string of the molecule is O=C(O)c1cc([N+](=O)[O-])ccc1-n1c(=O)[nH][nH]c1=O. The van der Waals surface area contributed by atoms with E-state index < -0.39 is 33.5 Å². The van der Waals surface area contributed by atoms with Gasteiger partial charge in [0.25, 0.3) is 5.69 Å². The number of aromatic carboxylic acids is 1. The van der Waals surface area contributed by atoms with Gasteiger partial charge in [-0.15, -0.1) is 0 Å². The number of carbonyl (C=O) groups is 1. The Bertz CT molecular complexity index is 755. The molecule has 0 aliphatic rings. The number of hydrogen-bond donors (Lipinski definition) is 3. The van der Waals surface area contributed by atoms with Gasteiger partial charge in [-0.05, 0) is 6.07 Å². The van der Waals surface area contributed by atoms with Crippen molar-refractivity contribution in [2.24, 2.45) is 0 Å². The molecule has 1 aromatic heterocycles. The number of nitro groups is 1. The molecule has 0 amide bonds. The molecule has 2 rings (SSSR count). The van der Waals surface area contributed by atoms with Crippen LogP contribution in [0.25, 0.3) is 5.69 Å². The number of nitro benzene ring substituents is 1. The van der Waals surface area contributed by atoms with E-state index in [1.807, 2.05) is 10.2 Å². The standard InChI is InChI=1S/C9H6N4O6/c14-7(15)5-3-4(13(18)19)1-2-6(5)12-8(16)10-11-9(12)17/h1-3H,(H,10,16)(H,11,17)(H,14,15). The van der Waals surface area contributed by atoms with Gasteiger partial charge in [0, 0.05) is 12.1 Å². The van der Waals surface area contributed by atoms with E-state index in [2.05, 4.69) is 0 Å². The fraction of sp³-hybridized carbons (Fsp3) is 0. The molecule has 0 fully saturated rings. The molecule has 10 heteroatoms. The molecule has 0 saturated carbocycles. The Morgan fingerprint density at radius 2 is 1.84 bits per heavy atom. The predicted octanol–water partition coefficient (Wildman–Crippen LogP) is -0.540. The van der Waals surface area contributed by atoms with Crippen LogP contribution in [0.1, 0.15) is 10.4 Å². The lowest BCUT2D eigenvalue weighted by Gasteiger charge is -2.04. The summed E-state index contributed by atoms with van der Waals surface area (Å²) in [5, 5.41) is 23.5. The molecule has 1 heterocycles. The number of benzene rings is 1. The van der Waals surface area contributed by atoms with Gasteiger partial charge in [0.2, 0.25) is 0 Å². The summed E-state index contributed by atoms with van der Waals surface area (Å²) in [6, 6.07) is 2.79. The van der Waals surface area contributed by atoms with Gasteiger partial charge in [0.05, 0.1) is 16.2 Å². The number of carboxylic acids is 1. The zero-order chi connectivity index (χ0) is 14.2. The van der Waals surface area contributed by atoms with Crippen LogP contribution in [-0.2, 0) is 0 Å². The van der Waals surface area contributed by atoms with Crippen LogP contribution in [0.5, 0.6) is 0 Å². The fourth-order valence-electron chi connectivity index (χ4n) is 1.53. The molecule has 10 nitrogen and oxygen atoms in total. The number of H-pyrrole nitrogens is 2. The van der Waals surface area contributed by atoms with E-state index in [0.717, 1.165) is 18.2 Å². The number of carboxylic acid groups (broad SMARTS) is 1. The molecule has 0 saturated heterocycles. The Balaban J connectivity index is 2.78. The second-order valence-corrected chi connectivity index (χ2v) is 3.46. The van der Waals surface area contributed by atoms with Crippen molar-refractivity contribution in [2.75, 3.05) is 0 Å². The molecule has 98 valence electrons. The quantitative estimate of drug-likeness (QED) is 0.501. The lowest BCUT2D eigenvalue weighted by atomic mass is 10.1. The minimum Gasteiger partial charge on any atom is -0.478 e. The summed E-state index contributed by atoms with van der Waals surface area (Å²) < 4.78 is 0.535. The lowest BCUT2D eigenvalue weighted by molar-refractivity contribution is -0.384. The number of non-ortho nitro benzene ring substituents is 1. The minimum atomic E-state index is -1.49. The molecule has 0 aliphatic heterocycles. The molecule has 1 aromatic carbocycles. The van der Waals surface area contributed by atoms with Crippen molar-refractivity contribution in [1.29, 1.82) is 0 Å². The van der Waals surface area contributed by atoms with Crippen LogP contribution in [0.2, 0.25) is 0 Å². The summed E-state index contributed by atoms with van der Waals surface area (Å²) in [6.45, 7) is 0. The zero-order valence-electron chi connectivity index (χ0n) is 9.11. The first-order valence-corrected chi connectivity index (χ1v) is 4.83. The van der Waals surface area contributed by atoms with Crippen molar-refractivity contribution >= 4 is 11.7 Å². The summed E-state index contributed by atoms with van der Waals surface area (Å²) in [4.78, 5) is 43.6. The van der Waals surface area contributed by atoms with Gasteiger partial charge in [0.15, 0.2) is 0 Å². The van der Waals surface area contributed by atoms with Crippen molar-refractivity contribution in [3.8, 4) is 5.69 Å². The number of nitrogens with zero attached hydrogens (tertiary/aromatic N) is 2. The van der Waals surface area contributed by atoms with Gasteiger partial charge in [-0.3, -0.25) is 10.1 Å². The molecule has 0 bridgehead atoms. The Labute approximate surface area is 103 Å². The topological polar surface area (TPSA) is 151 Å². The van der Waals surface area contributed by atoms with Gasteiger partial charge >= 0.3 is 17.3 Å². The van der Waals surface area contributed by atoms with E-state index in [4.69, 9.17) is 5.11 Å². The van der Waals surface area contributed by atoms with Crippen molar-refractivity contribution in [2.45, 2.75) is 0 Å². The first-order valence-electron chi connectivity index (χ1n) is 4.83. The summed E-state index contributed by atoms with van der Waals surface area (Å²) in [7, 11) is 0. The summed E-state index contributed by atoms with van der Waals surface area (Å²) >= 11 is 0. The molecule has 0 aliphatic carbocycles. The molecule has 0 unspecified atom stereocenters. The molecule has 19 heavy (non-hydrogen) atoms. The van der Waals surface area contributed by atoms with Crippen molar-refractivity contribution in [1.82, 2.24) is 14.8 Å². The smallest absolute Gasteiger partial charge is 0.349 e. The number of rotatable bonds is 3. The third-order valence-corrected chi connectivity index (χ3v) is 2.34. The highest BCUT2D eigenvalue weighted by Crippen LogP contribution is 2.19. The van der Waals surface area contributed by atoms with E-state index in [-0.39, 0.29) is 5.69 Å². The summed E-state index contributed by atoms with van der Waals surface area (Å²) in [5.41, 5.74) is -2.99. The molecular weight excluding hydrogens is 260 g/mol.